The molecule has 1 nitrogen and oxygen atoms in total. The molecular formula is C18H20O. The van der Waals surface area contributed by atoms with Crippen LogP contribution in [0.1, 0.15) is 40.4 Å². The maximum Gasteiger partial charge on any atom is 0.167 e. The molecule has 0 unspecified atom stereocenters. The van der Waals surface area contributed by atoms with E-state index >= 15 is 0 Å². The second kappa shape index (κ2) is 6.33. The largest absolute Gasteiger partial charge is 0.294 e. The van der Waals surface area contributed by atoms with Gasteiger partial charge in [0.25, 0.3) is 0 Å². The zero-order chi connectivity index (χ0) is 13.7. The fourth-order valence-electron chi connectivity index (χ4n) is 2.14. The topological polar surface area (TPSA) is 17.1 Å². The molecule has 98 valence electrons. The highest BCUT2D eigenvalue weighted by molar-refractivity contribution is 5.97. The van der Waals surface area contributed by atoms with Crippen molar-refractivity contribution in [3.8, 4) is 0 Å². The Morgan fingerprint density at radius 3 is 2.05 bits per heavy atom. The van der Waals surface area contributed by atoms with Gasteiger partial charge in [-0.15, -0.1) is 0 Å². The number of carbonyl (C=O) groups excluding carboxylic acids is 1. The number of Topliss-reactive ketones (excluding diaryl/α,β-unsaturated/α-hetero) is 1. The van der Waals surface area contributed by atoms with Gasteiger partial charge in [0.05, 0.1) is 0 Å². The Balaban J connectivity index is 2.05. The molecule has 2 aromatic rings. The molecule has 0 aliphatic carbocycles. The van der Waals surface area contributed by atoms with E-state index in [2.05, 4.69) is 26.0 Å². The Hall–Kier alpha value is -1.89. The molecule has 2 rings (SSSR count). The van der Waals surface area contributed by atoms with Crippen LogP contribution in [0.2, 0.25) is 0 Å². The molecule has 0 atom stereocenters. The summed E-state index contributed by atoms with van der Waals surface area (Å²) in [7, 11) is 0. The second-order valence-electron chi connectivity index (χ2n) is 5.03. The summed E-state index contributed by atoms with van der Waals surface area (Å²) in [5, 5.41) is 0. The minimum absolute atomic E-state index is 0.187. The molecule has 0 amide bonds. The maximum atomic E-state index is 12.2. The Morgan fingerprint density at radius 2 is 1.47 bits per heavy atom. The zero-order valence-corrected chi connectivity index (χ0v) is 11.6. The van der Waals surface area contributed by atoms with E-state index in [1.165, 1.54) is 11.1 Å². The second-order valence-corrected chi connectivity index (χ2v) is 5.03. The SMILES string of the molecule is CCCc1ccc(C(=O)Cc2ccc(C)cc2)cc1. The van der Waals surface area contributed by atoms with Crippen LogP contribution in [0, 0.1) is 6.92 Å². The Labute approximate surface area is 115 Å². The molecule has 0 N–H and O–H groups in total. The van der Waals surface area contributed by atoms with Gasteiger partial charge in [-0.3, -0.25) is 4.79 Å². The van der Waals surface area contributed by atoms with Crippen LogP contribution in [-0.2, 0) is 12.8 Å². The highest BCUT2D eigenvalue weighted by atomic mass is 16.1. The molecule has 19 heavy (non-hydrogen) atoms. The van der Waals surface area contributed by atoms with Crippen LogP contribution in [0.25, 0.3) is 0 Å². The summed E-state index contributed by atoms with van der Waals surface area (Å²) >= 11 is 0. The average molecular weight is 252 g/mol. The van der Waals surface area contributed by atoms with Gasteiger partial charge in [-0.25, -0.2) is 0 Å². The zero-order valence-electron chi connectivity index (χ0n) is 11.6. The van der Waals surface area contributed by atoms with Crippen molar-refractivity contribution in [2.24, 2.45) is 0 Å². The molecule has 0 aliphatic rings. The summed E-state index contributed by atoms with van der Waals surface area (Å²) in [4.78, 5) is 12.2. The van der Waals surface area contributed by atoms with Crippen molar-refractivity contribution in [2.75, 3.05) is 0 Å². The molecule has 0 heterocycles. The van der Waals surface area contributed by atoms with E-state index in [0.29, 0.717) is 6.42 Å². The van der Waals surface area contributed by atoms with Gasteiger partial charge in [-0.1, -0.05) is 67.4 Å². The van der Waals surface area contributed by atoms with E-state index < -0.39 is 0 Å². The van der Waals surface area contributed by atoms with Crippen molar-refractivity contribution in [3.63, 3.8) is 0 Å². The first kappa shape index (κ1) is 13.5. The van der Waals surface area contributed by atoms with Gasteiger partial charge in [0.1, 0.15) is 0 Å². The van der Waals surface area contributed by atoms with E-state index in [-0.39, 0.29) is 5.78 Å². The summed E-state index contributed by atoms with van der Waals surface area (Å²) in [6.07, 6.45) is 2.69. The average Bonchev–Trinajstić information content (AvgIpc) is 2.42. The normalized spacial score (nSPS) is 10.4. The fourth-order valence-corrected chi connectivity index (χ4v) is 2.14. The van der Waals surface area contributed by atoms with Gasteiger partial charge in [-0.05, 0) is 24.5 Å². The van der Waals surface area contributed by atoms with Gasteiger partial charge in [0.15, 0.2) is 5.78 Å². The monoisotopic (exact) mass is 252 g/mol. The summed E-state index contributed by atoms with van der Waals surface area (Å²) < 4.78 is 0. The Morgan fingerprint density at radius 1 is 0.895 bits per heavy atom. The van der Waals surface area contributed by atoms with Crippen molar-refractivity contribution < 1.29 is 4.79 Å². The van der Waals surface area contributed by atoms with Crippen LogP contribution < -0.4 is 0 Å². The molecule has 0 aliphatic heterocycles. The van der Waals surface area contributed by atoms with Crippen LogP contribution >= 0.6 is 0 Å². The lowest BCUT2D eigenvalue weighted by Crippen LogP contribution is -2.03. The molecule has 0 aromatic heterocycles. The third kappa shape index (κ3) is 3.78. The van der Waals surface area contributed by atoms with Crippen molar-refractivity contribution in [2.45, 2.75) is 33.1 Å². The van der Waals surface area contributed by atoms with Crippen molar-refractivity contribution in [1.29, 1.82) is 0 Å². The van der Waals surface area contributed by atoms with Crippen LogP contribution in [0.15, 0.2) is 48.5 Å². The summed E-state index contributed by atoms with van der Waals surface area (Å²) in [6, 6.07) is 16.2. The van der Waals surface area contributed by atoms with E-state index in [0.717, 1.165) is 24.0 Å². The molecule has 0 spiro atoms. The number of hydrogen-bond donors (Lipinski definition) is 0. The molecule has 0 radical (unpaired) electrons. The maximum absolute atomic E-state index is 12.2. The van der Waals surface area contributed by atoms with E-state index in [9.17, 15) is 4.79 Å². The van der Waals surface area contributed by atoms with Crippen LogP contribution in [0.4, 0.5) is 0 Å². The van der Waals surface area contributed by atoms with E-state index in [4.69, 9.17) is 0 Å². The first-order chi connectivity index (χ1) is 9.19. The quantitative estimate of drug-likeness (QED) is 0.722. The van der Waals surface area contributed by atoms with Crippen LogP contribution in [-0.4, -0.2) is 5.78 Å². The van der Waals surface area contributed by atoms with Crippen molar-refractivity contribution >= 4 is 5.78 Å². The molecule has 0 saturated carbocycles. The fraction of sp³-hybridized carbons (Fsp3) is 0.278. The molecular weight excluding hydrogens is 232 g/mol. The third-order valence-electron chi connectivity index (χ3n) is 3.30. The molecule has 0 fully saturated rings. The van der Waals surface area contributed by atoms with Crippen LogP contribution in [0.5, 0.6) is 0 Å². The summed E-state index contributed by atoms with van der Waals surface area (Å²) in [5.74, 6) is 0.187. The third-order valence-corrected chi connectivity index (χ3v) is 3.30. The molecule has 0 saturated heterocycles. The molecule has 2 aromatic carbocycles. The highest BCUT2D eigenvalue weighted by Gasteiger charge is 2.06. The number of benzene rings is 2. The van der Waals surface area contributed by atoms with Gasteiger partial charge in [0, 0.05) is 12.0 Å². The lowest BCUT2D eigenvalue weighted by atomic mass is 10.0. The number of ketones is 1. The Bertz CT molecular complexity index is 535. The molecule has 1 heteroatoms. The predicted molar refractivity (Wildman–Crippen MR) is 79.7 cm³/mol. The number of carbonyl (C=O) groups is 1. The van der Waals surface area contributed by atoms with Gasteiger partial charge in [0.2, 0.25) is 0 Å². The molecule has 0 bridgehead atoms. The lowest BCUT2D eigenvalue weighted by Gasteiger charge is -2.04. The van der Waals surface area contributed by atoms with Crippen molar-refractivity contribution in [1.82, 2.24) is 0 Å². The van der Waals surface area contributed by atoms with Crippen LogP contribution in [0.3, 0.4) is 0 Å². The first-order valence-electron chi connectivity index (χ1n) is 6.86. The predicted octanol–water partition coefficient (Wildman–Crippen LogP) is 4.37. The van der Waals surface area contributed by atoms with Crippen molar-refractivity contribution in [3.05, 3.63) is 70.8 Å². The Kier molecular flexibility index (Phi) is 4.51. The van der Waals surface area contributed by atoms with Gasteiger partial charge in [-0.2, -0.15) is 0 Å². The number of rotatable bonds is 5. The minimum atomic E-state index is 0.187. The minimum Gasteiger partial charge on any atom is -0.294 e. The number of aryl methyl sites for hydroxylation is 2. The summed E-state index contributed by atoms with van der Waals surface area (Å²) in [6.45, 7) is 4.22. The smallest absolute Gasteiger partial charge is 0.167 e. The number of hydrogen-bond acceptors (Lipinski definition) is 1. The standard InChI is InChI=1S/C18H20O/c1-3-4-15-9-11-17(12-10-15)18(19)13-16-7-5-14(2)6-8-16/h5-12H,3-4,13H2,1-2H3. The van der Waals surface area contributed by atoms with Gasteiger partial charge >= 0.3 is 0 Å². The van der Waals surface area contributed by atoms with E-state index in [1.807, 2.05) is 36.4 Å². The van der Waals surface area contributed by atoms with Gasteiger partial charge < -0.3 is 0 Å². The highest BCUT2D eigenvalue weighted by Crippen LogP contribution is 2.11. The van der Waals surface area contributed by atoms with E-state index in [1.54, 1.807) is 0 Å². The first-order valence-corrected chi connectivity index (χ1v) is 6.86. The summed E-state index contributed by atoms with van der Waals surface area (Å²) in [5.41, 5.74) is 4.41. The lowest BCUT2D eigenvalue weighted by molar-refractivity contribution is 0.0993.